The van der Waals surface area contributed by atoms with E-state index in [0.717, 1.165) is 49.7 Å². The van der Waals surface area contributed by atoms with Crippen LogP contribution in [0.25, 0.3) is 10.8 Å². The normalized spacial score (nSPS) is 16.0. The van der Waals surface area contributed by atoms with Gasteiger partial charge in [0.25, 0.3) is 0 Å². The summed E-state index contributed by atoms with van der Waals surface area (Å²) in [7, 11) is 1.67. The first-order chi connectivity index (χ1) is 12.7. The zero-order chi connectivity index (χ0) is 18.2. The molecule has 1 aliphatic rings. The van der Waals surface area contributed by atoms with E-state index in [2.05, 4.69) is 20.1 Å². The van der Waals surface area contributed by atoms with E-state index in [4.69, 9.17) is 9.15 Å². The van der Waals surface area contributed by atoms with E-state index in [1.165, 1.54) is 0 Å². The van der Waals surface area contributed by atoms with Crippen molar-refractivity contribution in [3.8, 4) is 10.8 Å². The summed E-state index contributed by atoms with van der Waals surface area (Å²) in [6, 6.07) is 4.01. The third-order valence-electron chi connectivity index (χ3n) is 4.35. The fourth-order valence-corrected chi connectivity index (χ4v) is 3.59. The lowest BCUT2D eigenvalue weighted by atomic mass is 10.3. The molecule has 1 N–H and O–H groups in total. The van der Waals surface area contributed by atoms with Gasteiger partial charge in [-0.05, 0) is 17.9 Å². The number of carbonyl (C=O) groups is 1. The first-order valence-corrected chi connectivity index (χ1v) is 9.81. The van der Waals surface area contributed by atoms with E-state index in [1.807, 2.05) is 17.5 Å². The number of nitrogens with zero attached hydrogens (tertiary/aromatic N) is 3. The van der Waals surface area contributed by atoms with Crippen molar-refractivity contribution in [2.75, 3.05) is 53.0 Å². The number of carbonyl (C=O) groups excluding carboxylic acids is 1. The van der Waals surface area contributed by atoms with Gasteiger partial charge in [0.2, 0.25) is 11.8 Å². The Balaban J connectivity index is 1.37. The van der Waals surface area contributed by atoms with Gasteiger partial charge in [0, 0.05) is 53.0 Å². The second-order valence-electron chi connectivity index (χ2n) is 6.37. The van der Waals surface area contributed by atoms with Gasteiger partial charge in [-0.15, -0.1) is 11.3 Å². The van der Waals surface area contributed by atoms with Gasteiger partial charge < -0.3 is 14.5 Å². The van der Waals surface area contributed by atoms with Crippen molar-refractivity contribution in [3.05, 3.63) is 29.5 Å². The molecule has 0 aromatic carbocycles. The fourth-order valence-electron chi connectivity index (χ4n) is 2.93. The lowest BCUT2D eigenvalue weighted by Crippen LogP contribution is -2.49. The molecule has 142 valence electrons. The molecule has 0 atom stereocenters. The highest BCUT2D eigenvalue weighted by Crippen LogP contribution is 2.24. The van der Waals surface area contributed by atoms with Crippen LogP contribution in [-0.2, 0) is 16.1 Å². The maximum absolute atomic E-state index is 11.9. The number of amides is 1. The van der Waals surface area contributed by atoms with Crippen molar-refractivity contribution in [1.29, 1.82) is 0 Å². The Kier molecular flexibility index (Phi) is 7.19. The molecule has 3 rings (SSSR count). The third kappa shape index (κ3) is 5.63. The number of rotatable bonds is 9. The minimum Gasteiger partial charge on any atom is -0.444 e. The summed E-state index contributed by atoms with van der Waals surface area (Å²) >= 11 is 1.63. The zero-order valence-corrected chi connectivity index (χ0v) is 16.0. The minimum absolute atomic E-state index is 0.0895. The number of ether oxygens (including phenoxy) is 1. The van der Waals surface area contributed by atoms with Crippen LogP contribution < -0.4 is 5.32 Å². The van der Waals surface area contributed by atoms with Crippen molar-refractivity contribution in [2.24, 2.45) is 0 Å². The van der Waals surface area contributed by atoms with Crippen LogP contribution in [-0.4, -0.2) is 73.7 Å². The third-order valence-corrected chi connectivity index (χ3v) is 5.21. The fraction of sp³-hybridized carbons (Fsp3) is 0.556. The van der Waals surface area contributed by atoms with Gasteiger partial charge in [-0.3, -0.25) is 14.6 Å². The first kappa shape index (κ1) is 19.0. The largest absolute Gasteiger partial charge is 0.444 e. The SMILES string of the molecule is COCCCNC(=O)CN1CCN(Cc2coc(-c3cccs3)n2)CC1. The van der Waals surface area contributed by atoms with Crippen LogP contribution in [0.3, 0.4) is 0 Å². The lowest BCUT2D eigenvalue weighted by molar-refractivity contribution is -0.122. The number of methoxy groups -OCH3 is 1. The monoisotopic (exact) mass is 378 g/mol. The van der Waals surface area contributed by atoms with Crippen molar-refractivity contribution in [3.63, 3.8) is 0 Å². The predicted molar refractivity (Wildman–Crippen MR) is 101 cm³/mol. The Morgan fingerprint density at radius 2 is 2.15 bits per heavy atom. The first-order valence-electron chi connectivity index (χ1n) is 8.93. The molecule has 2 aromatic rings. The molecule has 0 radical (unpaired) electrons. The van der Waals surface area contributed by atoms with Gasteiger partial charge in [-0.1, -0.05) is 6.07 Å². The van der Waals surface area contributed by atoms with Crippen molar-refractivity contribution in [2.45, 2.75) is 13.0 Å². The summed E-state index contributed by atoms with van der Waals surface area (Å²) in [5, 5.41) is 4.96. The quantitative estimate of drug-likeness (QED) is 0.670. The van der Waals surface area contributed by atoms with Gasteiger partial charge in [0.05, 0.1) is 17.1 Å². The molecular weight excluding hydrogens is 352 g/mol. The Hall–Kier alpha value is -1.74. The summed E-state index contributed by atoms with van der Waals surface area (Å²) < 4.78 is 10.6. The lowest BCUT2D eigenvalue weighted by Gasteiger charge is -2.33. The highest BCUT2D eigenvalue weighted by atomic mass is 32.1. The Bertz CT molecular complexity index is 666. The van der Waals surface area contributed by atoms with E-state index >= 15 is 0 Å². The minimum atomic E-state index is 0.0895. The molecule has 0 aliphatic carbocycles. The molecule has 0 unspecified atom stereocenters. The van der Waals surface area contributed by atoms with Crippen molar-refractivity contribution < 1.29 is 13.9 Å². The average molecular weight is 378 g/mol. The van der Waals surface area contributed by atoms with E-state index in [9.17, 15) is 4.79 Å². The molecule has 0 spiro atoms. The molecule has 0 bridgehead atoms. The second-order valence-corrected chi connectivity index (χ2v) is 7.32. The zero-order valence-electron chi connectivity index (χ0n) is 15.1. The summed E-state index contributed by atoms with van der Waals surface area (Å²) in [5.41, 5.74) is 0.956. The van der Waals surface area contributed by atoms with Gasteiger partial charge in [-0.2, -0.15) is 0 Å². The molecule has 3 heterocycles. The molecule has 0 saturated carbocycles. The Morgan fingerprint density at radius 3 is 2.88 bits per heavy atom. The summed E-state index contributed by atoms with van der Waals surface area (Å²) in [6.07, 6.45) is 2.59. The molecule has 8 heteroatoms. The number of hydrogen-bond donors (Lipinski definition) is 1. The van der Waals surface area contributed by atoms with E-state index in [0.29, 0.717) is 25.6 Å². The molecule has 1 amide bonds. The molecule has 26 heavy (non-hydrogen) atoms. The summed E-state index contributed by atoms with van der Waals surface area (Å²) in [5.74, 6) is 0.783. The molecule has 7 nitrogen and oxygen atoms in total. The highest BCUT2D eigenvalue weighted by Gasteiger charge is 2.20. The molecule has 1 aliphatic heterocycles. The topological polar surface area (TPSA) is 70.8 Å². The Morgan fingerprint density at radius 1 is 1.35 bits per heavy atom. The number of thiophene rings is 1. The van der Waals surface area contributed by atoms with E-state index < -0.39 is 0 Å². The van der Waals surface area contributed by atoms with Crippen LogP contribution in [0.1, 0.15) is 12.1 Å². The van der Waals surface area contributed by atoms with Crippen LogP contribution in [0.2, 0.25) is 0 Å². The Labute approximate surface area is 157 Å². The van der Waals surface area contributed by atoms with Crippen LogP contribution in [0, 0.1) is 0 Å². The standard InChI is InChI=1S/C18H26N4O3S/c1-24-10-3-5-19-17(23)13-22-8-6-21(7-9-22)12-15-14-25-18(20-15)16-4-2-11-26-16/h2,4,11,14H,3,5-10,12-13H2,1H3,(H,19,23). The van der Waals surface area contributed by atoms with E-state index in [1.54, 1.807) is 24.7 Å². The highest BCUT2D eigenvalue weighted by molar-refractivity contribution is 7.13. The number of nitrogens with one attached hydrogen (secondary N) is 1. The predicted octanol–water partition coefficient (Wildman–Crippen LogP) is 1.67. The van der Waals surface area contributed by atoms with Crippen molar-refractivity contribution >= 4 is 17.2 Å². The molecule has 1 fully saturated rings. The van der Waals surface area contributed by atoms with Crippen LogP contribution in [0.4, 0.5) is 0 Å². The smallest absolute Gasteiger partial charge is 0.236 e. The van der Waals surface area contributed by atoms with Crippen molar-refractivity contribution in [1.82, 2.24) is 20.1 Å². The maximum atomic E-state index is 11.9. The van der Waals surface area contributed by atoms with E-state index in [-0.39, 0.29) is 5.91 Å². The number of piperazine rings is 1. The number of aromatic nitrogens is 1. The maximum Gasteiger partial charge on any atom is 0.236 e. The molecule has 2 aromatic heterocycles. The van der Waals surface area contributed by atoms with Gasteiger partial charge >= 0.3 is 0 Å². The molecular formula is C18H26N4O3S. The summed E-state index contributed by atoms with van der Waals surface area (Å²) in [6.45, 7) is 6.23. The van der Waals surface area contributed by atoms with Crippen LogP contribution in [0.15, 0.2) is 28.2 Å². The molecule has 1 saturated heterocycles. The number of hydrogen-bond acceptors (Lipinski definition) is 7. The van der Waals surface area contributed by atoms with Gasteiger partial charge in [0.1, 0.15) is 6.26 Å². The van der Waals surface area contributed by atoms with Gasteiger partial charge in [-0.25, -0.2) is 4.98 Å². The van der Waals surface area contributed by atoms with Gasteiger partial charge in [0.15, 0.2) is 0 Å². The van der Waals surface area contributed by atoms with Crippen LogP contribution in [0.5, 0.6) is 0 Å². The average Bonchev–Trinajstić information content (AvgIpc) is 3.32. The second kappa shape index (κ2) is 9.82. The number of oxazole rings is 1. The summed E-state index contributed by atoms with van der Waals surface area (Å²) in [4.78, 5) is 22.1. The van der Waals surface area contributed by atoms with Crippen LogP contribution >= 0.6 is 11.3 Å².